The van der Waals surface area contributed by atoms with Crippen LogP contribution in [0.25, 0.3) is 0 Å². The van der Waals surface area contributed by atoms with Crippen LogP contribution in [0.5, 0.6) is 0 Å². The first-order valence-corrected chi connectivity index (χ1v) is 9.88. The van der Waals surface area contributed by atoms with Crippen LogP contribution in [-0.2, 0) is 9.59 Å². The van der Waals surface area contributed by atoms with E-state index in [-0.39, 0.29) is 36.1 Å². The van der Waals surface area contributed by atoms with Gasteiger partial charge >= 0.3 is 0 Å². The van der Waals surface area contributed by atoms with Crippen molar-refractivity contribution in [1.82, 2.24) is 9.80 Å². The van der Waals surface area contributed by atoms with Crippen LogP contribution < -0.4 is 10.6 Å². The molecule has 2 bridgehead atoms. The minimum absolute atomic E-state index is 0.133. The predicted molar refractivity (Wildman–Crippen MR) is 98.3 cm³/mol. The van der Waals surface area contributed by atoms with Crippen molar-refractivity contribution in [2.24, 2.45) is 11.7 Å². The Kier molecular flexibility index (Phi) is 4.12. The maximum atomic E-state index is 13.6. The zero-order chi connectivity index (χ0) is 20.4. The topological polar surface area (TPSA) is 93.7 Å². The Balaban J connectivity index is 1.26. The average molecular weight is 401 g/mol. The number of piperazine rings is 1. The summed E-state index contributed by atoms with van der Waals surface area (Å²) >= 11 is 0. The first kappa shape index (κ1) is 18.5. The summed E-state index contributed by atoms with van der Waals surface area (Å²) in [7, 11) is 0. The van der Waals surface area contributed by atoms with Gasteiger partial charge in [-0.1, -0.05) is 0 Å². The van der Waals surface area contributed by atoms with Crippen LogP contribution in [0.3, 0.4) is 0 Å². The summed E-state index contributed by atoms with van der Waals surface area (Å²) in [6.45, 7) is 0.715. The van der Waals surface area contributed by atoms with Crippen molar-refractivity contribution >= 4 is 17.5 Å². The van der Waals surface area contributed by atoms with Gasteiger partial charge in [-0.05, 0) is 37.3 Å². The number of hydrogen-bond acceptors (Lipinski definition) is 5. The van der Waals surface area contributed by atoms with E-state index in [1.54, 1.807) is 4.90 Å². The highest BCUT2D eigenvalue weighted by Crippen LogP contribution is 2.47. The van der Waals surface area contributed by atoms with Crippen molar-refractivity contribution in [2.45, 2.75) is 49.5 Å². The van der Waals surface area contributed by atoms with Crippen LogP contribution >= 0.6 is 0 Å². The van der Waals surface area contributed by atoms with E-state index >= 15 is 0 Å². The van der Waals surface area contributed by atoms with Crippen LogP contribution in [0.1, 0.15) is 19.3 Å². The Morgan fingerprint density at radius 2 is 1.97 bits per heavy atom. The fourth-order valence-electron chi connectivity index (χ4n) is 5.29. The Hall–Kier alpha value is -2.57. The Bertz CT molecular complexity index is 914. The fraction of sp³-hybridized carbons (Fsp3) is 0.550. The number of nitriles is 1. The van der Waals surface area contributed by atoms with Crippen molar-refractivity contribution in [2.75, 3.05) is 18.0 Å². The van der Waals surface area contributed by atoms with Crippen molar-refractivity contribution in [3.8, 4) is 6.07 Å². The molecule has 0 aromatic heterocycles. The molecule has 2 N–H and O–H groups in total. The van der Waals surface area contributed by atoms with Gasteiger partial charge in [0, 0.05) is 30.9 Å². The summed E-state index contributed by atoms with van der Waals surface area (Å²) in [5, 5.41) is 9.29. The second kappa shape index (κ2) is 6.47. The highest BCUT2D eigenvalue weighted by molar-refractivity contribution is 6.01. The van der Waals surface area contributed by atoms with Crippen LogP contribution in [0.4, 0.5) is 14.5 Å². The predicted octanol–water partition coefficient (Wildman–Crippen LogP) is 0.595. The largest absolute Gasteiger partial charge is 0.322 e. The minimum Gasteiger partial charge on any atom is -0.322 e. The molecule has 0 spiro atoms. The van der Waals surface area contributed by atoms with Gasteiger partial charge in [0.15, 0.2) is 0 Å². The summed E-state index contributed by atoms with van der Waals surface area (Å²) in [4.78, 5) is 30.6. The summed E-state index contributed by atoms with van der Waals surface area (Å²) < 4.78 is 27.1. The van der Waals surface area contributed by atoms with Crippen molar-refractivity contribution in [3.63, 3.8) is 0 Å². The first-order chi connectivity index (χ1) is 13.9. The summed E-state index contributed by atoms with van der Waals surface area (Å²) in [5.41, 5.74) is 6.39. The molecule has 3 heterocycles. The van der Waals surface area contributed by atoms with Crippen LogP contribution in [-0.4, -0.2) is 64.9 Å². The molecule has 1 saturated carbocycles. The third kappa shape index (κ3) is 2.90. The van der Waals surface area contributed by atoms with E-state index in [0.717, 1.165) is 24.6 Å². The molecule has 1 aromatic carbocycles. The number of halogens is 2. The van der Waals surface area contributed by atoms with Gasteiger partial charge in [-0.2, -0.15) is 5.26 Å². The third-order valence-electron chi connectivity index (χ3n) is 6.65. The lowest BCUT2D eigenvalue weighted by Gasteiger charge is -2.35. The molecule has 6 atom stereocenters. The maximum Gasteiger partial charge on any atom is 0.244 e. The Morgan fingerprint density at radius 3 is 2.62 bits per heavy atom. The number of benzene rings is 1. The lowest BCUT2D eigenvalue weighted by atomic mass is 10.1. The second-order valence-corrected chi connectivity index (χ2v) is 8.49. The number of carbonyl (C=O) groups excluding carboxylic acids is 2. The standard InChI is InChI=1S/C20H21F2N5O2/c21-11-3-12(22)5-13(4-11)26-15-6-18(20(26)29)25(8-15)9-16(24)19(28)27-14(7-23)1-10-2-17(10)27/h3-5,10,14-18H,1-2,6,8-9,24H2/t10-,14+,15+,16+,17?,18+/m1/s1. The van der Waals surface area contributed by atoms with E-state index in [1.807, 2.05) is 4.90 Å². The number of likely N-dealkylation sites (tertiary alicyclic amines) is 2. The zero-order valence-electron chi connectivity index (χ0n) is 15.7. The van der Waals surface area contributed by atoms with Crippen molar-refractivity contribution < 1.29 is 18.4 Å². The van der Waals surface area contributed by atoms with Gasteiger partial charge in [0.25, 0.3) is 0 Å². The first-order valence-electron chi connectivity index (χ1n) is 9.88. The number of nitrogens with zero attached hydrogens (tertiary/aromatic N) is 4. The number of piperidine rings is 1. The van der Waals surface area contributed by atoms with E-state index in [4.69, 9.17) is 5.73 Å². The van der Waals surface area contributed by atoms with Crippen LogP contribution in [0.15, 0.2) is 18.2 Å². The van der Waals surface area contributed by atoms with Gasteiger partial charge < -0.3 is 15.5 Å². The molecule has 5 rings (SSSR count). The molecule has 0 radical (unpaired) electrons. The molecule has 4 aliphatic rings. The molecule has 7 nitrogen and oxygen atoms in total. The summed E-state index contributed by atoms with van der Waals surface area (Å²) in [5.74, 6) is -1.50. The van der Waals surface area contributed by atoms with E-state index < -0.39 is 29.8 Å². The van der Waals surface area contributed by atoms with Gasteiger partial charge in [0.2, 0.25) is 11.8 Å². The minimum atomic E-state index is -0.808. The van der Waals surface area contributed by atoms with Gasteiger partial charge in [-0.3, -0.25) is 14.5 Å². The van der Waals surface area contributed by atoms with Crippen LogP contribution in [0, 0.1) is 28.9 Å². The van der Waals surface area contributed by atoms with E-state index in [0.29, 0.717) is 25.3 Å². The zero-order valence-corrected chi connectivity index (χ0v) is 15.7. The molecule has 3 aliphatic heterocycles. The molecule has 1 aromatic rings. The molecule has 2 amide bonds. The quantitative estimate of drug-likeness (QED) is 0.797. The van der Waals surface area contributed by atoms with Crippen molar-refractivity contribution in [1.29, 1.82) is 5.26 Å². The normalized spacial score (nSPS) is 33.7. The van der Waals surface area contributed by atoms with Gasteiger partial charge in [-0.25, -0.2) is 8.78 Å². The molecule has 9 heteroatoms. The lowest BCUT2D eigenvalue weighted by molar-refractivity contribution is -0.135. The van der Waals surface area contributed by atoms with Crippen molar-refractivity contribution in [3.05, 3.63) is 29.8 Å². The molecular formula is C20H21F2N5O2. The van der Waals surface area contributed by atoms with Crippen LogP contribution in [0.2, 0.25) is 0 Å². The third-order valence-corrected chi connectivity index (χ3v) is 6.65. The molecule has 1 aliphatic carbocycles. The molecule has 29 heavy (non-hydrogen) atoms. The number of rotatable bonds is 4. The van der Waals surface area contributed by atoms with Gasteiger partial charge in [0.05, 0.1) is 24.2 Å². The smallest absolute Gasteiger partial charge is 0.244 e. The number of hydrogen-bond donors (Lipinski definition) is 1. The van der Waals surface area contributed by atoms with Gasteiger partial charge in [0.1, 0.15) is 17.7 Å². The number of fused-ring (bicyclic) bond motifs is 3. The SMILES string of the molecule is N#C[C@@H]1C[C@@H]2CC2N1C(=O)[C@@H](N)CN1C[C@@H]2C[C@H]1C(=O)N2c1cc(F)cc(F)c1. The fourth-order valence-corrected chi connectivity index (χ4v) is 5.29. The summed E-state index contributed by atoms with van der Waals surface area (Å²) in [6, 6.07) is 3.52. The lowest BCUT2D eigenvalue weighted by Crippen LogP contribution is -2.57. The Labute approximate surface area is 166 Å². The average Bonchev–Trinajstić information content (AvgIpc) is 3.01. The molecular weight excluding hydrogens is 380 g/mol. The Morgan fingerprint density at radius 1 is 1.24 bits per heavy atom. The van der Waals surface area contributed by atoms with Gasteiger partial charge in [-0.15, -0.1) is 0 Å². The van der Waals surface area contributed by atoms with E-state index in [2.05, 4.69) is 6.07 Å². The highest BCUT2D eigenvalue weighted by atomic mass is 19.1. The second-order valence-electron chi connectivity index (χ2n) is 8.49. The highest BCUT2D eigenvalue weighted by Gasteiger charge is 2.55. The number of nitrogens with two attached hydrogens (primary N) is 1. The maximum absolute atomic E-state index is 13.6. The molecule has 3 saturated heterocycles. The molecule has 1 unspecified atom stereocenters. The molecule has 4 fully saturated rings. The number of amides is 2. The number of anilines is 1. The number of carbonyl (C=O) groups is 2. The van der Waals surface area contributed by atoms with E-state index in [9.17, 15) is 23.6 Å². The monoisotopic (exact) mass is 401 g/mol. The molecule has 152 valence electrons. The van der Waals surface area contributed by atoms with E-state index in [1.165, 1.54) is 4.90 Å². The summed E-state index contributed by atoms with van der Waals surface area (Å²) in [6.07, 6.45) is 2.18.